The molecule has 3 aromatic rings. The van der Waals surface area contributed by atoms with Gasteiger partial charge >= 0.3 is 0 Å². The largest absolute Gasteiger partial charge is 0.508 e. The van der Waals surface area contributed by atoms with E-state index in [9.17, 15) is 9.90 Å². The normalized spacial score (nSPS) is 15.5. The first-order valence-electron chi connectivity index (χ1n) is 11.9. The zero-order chi connectivity index (χ0) is 24.8. The van der Waals surface area contributed by atoms with Crippen LogP contribution < -0.4 is 10.1 Å². The average molecular weight is 494 g/mol. The van der Waals surface area contributed by atoms with E-state index in [4.69, 9.17) is 16.3 Å². The topological polar surface area (TPSA) is 65.0 Å². The van der Waals surface area contributed by atoms with Crippen LogP contribution in [0.1, 0.15) is 18.1 Å². The monoisotopic (exact) mass is 493 g/mol. The number of nitrogens with zero attached hydrogens (tertiary/aromatic N) is 2. The molecule has 4 rings (SSSR count). The summed E-state index contributed by atoms with van der Waals surface area (Å²) in [6.45, 7) is 6.94. The average Bonchev–Trinajstić information content (AvgIpc) is 2.86. The van der Waals surface area contributed by atoms with E-state index in [1.807, 2.05) is 48.5 Å². The summed E-state index contributed by atoms with van der Waals surface area (Å²) in [5.74, 6) is 0.776. The first kappa shape index (κ1) is 25.0. The molecule has 0 radical (unpaired) electrons. The van der Waals surface area contributed by atoms with Crippen molar-refractivity contribution in [3.8, 4) is 22.6 Å². The number of carbonyl (C=O) groups excluding carboxylic acids is 1. The maximum atomic E-state index is 12.7. The summed E-state index contributed by atoms with van der Waals surface area (Å²) in [7, 11) is 2.14. The van der Waals surface area contributed by atoms with E-state index in [0.29, 0.717) is 17.3 Å². The highest BCUT2D eigenvalue weighted by molar-refractivity contribution is 6.30. The quantitative estimate of drug-likeness (QED) is 0.482. The molecular formula is C28H32ClN3O3. The van der Waals surface area contributed by atoms with Crippen LogP contribution in [0.25, 0.3) is 11.1 Å². The fourth-order valence-corrected chi connectivity index (χ4v) is 4.20. The number of aromatic hydroxyl groups is 1. The predicted octanol–water partition coefficient (Wildman–Crippen LogP) is 4.54. The molecule has 1 heterocycles. The zero-order valence-corrected chi connectivity index (χ0v) is 21.0. The van der Waals surface area contributed by atoms with Crippen LogP contribution in [-0.4, -0.2) is 60.1 Å². The van der Waals surface area contributed by atoms with Crippen LogP contribution in [0.15, 0.2) is 66.7 Å². The molecule has 0 aromatic heterocycles. The van der Waals surface area contributed by atoms with Gasteiger partial charge in [-0.1, -0.05) is 41.9 Å². The number of amides is 1. The molecule has 7 heteroatoms. The summed E-state index contributed by atoms with van der Waals surface area (Å²) in [5, 5.41) is 13.3. The third kappa shape index (κ3) is 6.98. The maximum Gasteiger partial charge on any atom is 0.261 e. The number of hydrogen-bond donors (Lipinski definition) is 2. The van der Waals surface area contributed by atoms with Crippen molar-refractivity contribution in [2.24, 2.45) is 0 Å². The molecule has 1 aliphatic rings. The molecule has 184 valence electrons. The van der Waals surface area contributed by atoms with Crippen LogP contribution in [0.3, 0.4) is 0 Å². The lowest BCUT2D eigenvalue weighted by Gasteiger charge is -2.33. The molecule has 35 heavy (non-hydrogen) atoms. The fourth-order valence-electron chi connectivity index (χ4n) is 4.08. The number of halogens is 1. The lowest BCUT2D eigenvalue weighted by atomic mass is 10.0. The van der Waals surface area contributed by atoms with Crippen molar-refractivity contribution in [1.82, 2.24) is 15.1 Å². The van der Waals surface area contributed by atoms with E-state index in [-0.39, 0.29) is 11.7 Å². The number of benzene rings is 3. The fraction of sp³-hybridized carbons (Fsp3) is 0.321. The van der Waals surface area contributed by atoms with E-state index < -0.39 is 6.10 Å². The van der Waals surface area contributed by atoms with E-state index in [1.54, 1.807) is 19.1 Å². The van der Waals surface area contributed by atoms with Crippen LogP contribution in [0.5, 0.6) is 11.5 Å². The van der Waals surface area contributed by atoms with Gasteiger partial charge in [-0.3, -0.25) is 9.69 Å². The molecule has 1 aliphatic heterocycles. The maximum absolute atomic E-state index is 12.7. The summed E-state index contributed by atoms with van der Waals surface area (Å²) < 4.78 is 6.18. The Balaban J connectivity index is 1.48. The Morgan fingerprint density at radius 2 is 1.66 bits per heavy atom. The molecule has 3 aromatic carbocycles. The minimum absolute atomic E-state index is 0.173. The molecule has 6 nitrogen and oxygen atoms in total. The van der Waals surface area contributed by atoms with Gasteiger partial charge in [0.15, 0.2) is 6.10 Å². The first-order valence-corrected chi connectivity index (χ1v) is 12.3. The molecule has 1 fully saturated rings. The highest BCUT2D eigenvalue weighted by Gasteiger charge is 2.20. The highest BCUT2D eigenvalue weighted by atomic mass is 35.5. The van der Waals surface area contributed by atoms with Crippen molar-refractivity contribution in [1.29, 1.82) is 0 Å². The number of piperazine rings is 1. The summed E-state index contributed by atoms with van der Waals surface area (Å²) in [6.07, 6.45) is -0.645. The Morgan fingerprint density at radius 1 is 1.00 bits per heavy atom. The molecule has 0 spiro atoms. The van der Waals surface area contributed by atoms with Gasteiger partial charge in [0.2, 0.25) is 0 Å². The molecule has 1 amide bonds. The smallest absolute Gasteiger partial charge is 0.261 e. The third-order valence-corrected chi connectivity index (χ3v) is 6.56. The van der Waals surface area contributed by atoms with Crippen molar-refractivity contribution < 1.29 is 14.6 Å². The lowest BCUT2D eigenvalue weighted by Crippen LogP contribution is -2.44. The number of likely N-dealkylation sites (N-methyl/N-ethyl adjacent to an activating group) is 1. The molecule has 1 atom stereocenters. The Morgan fingerprint density at radius 3 is 2.34 bits per heavy atom. The predicted molar refractivity (Wildman–Crippen MR) is 140 cm³/mol. The van der Waals surface area contributed by atoms with Gasteiger partial charge in [0.1, 0.15) is 11.5 Å². The van der Waals surface area contributed by atoms with Gasteiger partial charge in [-0.15, -0.1) is 0 Å². The summed E-state index contributed by atoms with van der Waals surface area (Å²) in [5.41, 5.74) is 4.07. The number of carbonyl (C=O) groups is 1. The first-order chi connectivity index (χ1) is 16.9. The highest BCUT2D eigenvalue weighted by Crippen LogP contribution is 2.30. The van der Waals surface area contributed by atoms with E-state index in [2.05, 4.69) is 28.2 Å². The van der Waals surface area contributed by atoms with E-state index >= 15 is 0 Å². The minimum atomic E-state index is -0.645. The second-order valence-electron chi connectivity index (χ2n) is 9.05. The van der Waals surface area contributed by atoms with Crippen molar-refractivity contribution in [3.63, 3.8) is 0 Å². The van der Waals surface area contributed by atoms with Crippen LogP contribution in [0, 0.1) is 0 Å². The third-order valence-electron chi connectivity index (χ3n) is 6.30. The summed E-state index contributed by atoms with van der Waals surface area (Å²) in [4.78, 5) is 17.5. The Hall–Kier alpha value is -3.06. The van der Waals surface area contributed by atoms with Crippen molar-refractivity contribution in [3.05, 3.63) is 82.9 Å². The minimum Gasteiger partial charge on any atom is -0.508 e. The van der Waals surface area contributed by atoms with E-state index in [1.165, 1.54) is 0 Å². The number of hydrogen-bond acceptors (Lipinski definition) is 5. The number of phenols is 1. The van der Waals surface area contributed by atoms with Gasteiger partial charge < -0.3 is 20.1 Å². The van der Waals surface area contributed by atoms with Crippen LogP contribution in [0.2, 0.25) is 5.02 Å². The molecule has 0 aliphatic carbocycles. The number of phenolic OH excluding ortho intramolecular Hbond substituents is 1. The molecule has 2 N–H and O–H groups in total. The summed E-state index contributed by atoms with van der Waals surface area (Å²) >= 11 is 5.94. The second kappa shape index (κ2) is 11.6. The SMILES string of the molecule is CC(Oc1ccc(-c2ccc(O)cc2)cc1CN1CCN(C)CC1)C(=O)NCc1ccc(Cl)cc1. The standard InChI is InChI=1S/C28H32ClN3O3/c1-20(28(34)30-18-21-3-8-25(29)9-4-21)35-27-12-7-23(22-5-10-26(33)11-6-22)17-24(27)19-32-15-13-31(2)14-16-32/h3-12,17,20,33H,13-16,18-19H2,1-2H3,(H,30,34). The van der Waals surface area contributed by atoms with Gasteiger partial charge in [-0.25, -0.2) is 0 Å². The van der Waals surface area contributed by atoms with Crippen LogP contribution in [0.4, 0.5) is 0 Å². The Labute approximate surface area is 212 Å². The van der Waals surface area contributed by atoms with Crippen molar-refractivity contribution in [2.45, 2.75) is 26.1 Å². The lowest BCUT2D eigenvalue weighted by molar-refractivity contribution is -0.127. The number of nitrogens with one attached hydrogen (secondary N) is 1. The Bertz CT molecular complexity index is 1130. The molecule has 1 unspecified atom stereocenters. The summed E-state index contributed by atoms with van der Waals surface area (Å²) in [6, 6.07) is 20.6. The number of rotatable bonds is 8. The van der Waals surface area contributed by atoms with Crippen LogP contribution in [-0.2, 0) is 17.9 Å². The van der Waals surface area contributed by atoms with Crippen molar-refractivity contribution >= 4 is 17.5 Å². The van der Waals surface area contributed by atoms with Gasteiger partial charge in [0.05, 0.1) is 0 Å². The van der Waals surface area contributed by atoms with Gasteiger partial charge in [-0.05, 0) is 67.1 Å². The van der Waals surface area contributed by atoms with Gasteiger partial charge in [-0.2, -0.15) is 0 Å². The second-order valence-corrected chi connectivity index (χ2v) is 9.49. The Kier molecular flexibility index (Phi) is 8.29. The number of ether oxygens (including phenoxy) is 1. The van der Waals surface area contributed by atoms with E-state index in [0.717, 1.165) is 55.0 Å². The van der Waals surface area contributed by atoms with Gasteiger partial charge in [0, 0.05) is 49.9 Å². The van der Waals surface area contributed by atoms with Crippen LogP contribution >= 0.6 is 11.6 Å². The molecular weight excluding hydrogens is 462 g/mol. The molecule has 0 saturated carbocycles. The van der Waals surface area contributed by atoms with Crippen molar-refractivity contribution in [2.75, 3.05) is 33.2 Å². The van der Waals surface area contributed by atoms with Gasteiger partial charge in [0.25, 0.3) is 5.91 Å². The molecule has 0 bridgehead atoms. The zero-order valence-electron chi connectivity index (χ0n) is 20.2. The molecule has 1 saturated heterocycles.